The highest BCUT2D eigenvalue weighted by Crippen LogP contribution is 2.30. The van der Waals surface area contributed by atoms with Crippen molar-refractivity contribution in [3.8, 4) is 0 Å². The number of hydrogen-bond donors (Lipinski definition) is 9. The molecular weight excluding hydrogens is 1150 g/mol. The van der Waals surface area contributed by atoms with E-state index >= 15 is 0 Å². The molecule has 9 N–H and O–H groups in total. The lowest BCUT2D eigenvalue weighted by Gasteiger charge is -2.46. The Hall–Kier alpha value is -1.53. The third kappa shape index (κ3) is 45.6. The van der Waals surface area contributed by atoms with Gasteiger partial charge in [0.15, 0.2) is 12.6 Å². The van der Waals surface area contributed by atoms with Gasteiger partial charge in [0.05, 0.1) is 32.0 Å². The fourth-order valence-electron chi connectivity index (χ4n) is 13.2. The average molecular weight is 1300 g/mol. The number of unbranched alkanes of at least 4 members (excludes halogenated alkanes) is 51. The quantitative estimate of drug-likeness (QED) is 0.0204. The van der Waals surface area contributed by atoms with E-state index in [9.17, 15) is 45.6 Å². The average Bonchev–Trinajstić information content (AvgIpc) is 0.888. The summed E-state index contributed by atoms with van der Waals surface area (Å²) in [5, 5.41) is 87.6. The number of hydrogen-bond acceptors (Lipinski definition) is 13. The zero-order valence-corrected chi connectivity index (χ0v) is 58.9. The van der Waals surface area contributed by atoms with Crippen molar-refractivity contribution in [1.82, 2.24) is 5.32 Å². The van der Waals surface area contributed by atoms with Gasteiger partial charge in [0.25, 0.3) is 0 Å². The van der Waals surface area contributed by atoms with Crippen LogP contribution in [0.2, 0.25) is 0 Å². The topological polar surface area (TPSA) is 228 Å². The van der Waals surface area contributed by atoms with Crippen molar-refractivity contribution in [2.75, 3.05) is 19.8 Å². The van der Waals surface area contributed by atoms with Crippen LogP contribution in [0.3, 0.4) is 0 Å². The van der Waals surface area contributed by atoms with E-state index in [0.29, 0.717) is 6.42 Å². The van der Waals surface area contributed by atoms with Crippen LogP contribution in [0, 0.1) is 0 Å². The fraction of sp³-hybridized carbons (Fsp3) is 0.935. The summed E-state index contributed by atoms with van der Waals surface area (Å²) in [6.45, 7) is 2.86. The molecule has 0 aliphatic carbocycles. The van der Waals surface area contributed by atoms with Gasteiger partial charge in [-0.3, -0.25) is 4.79 Å². The van der Waals surface area contributed by atoms with Crippen molar-refractivity contribution < 1.29 is 64.6 Å². The molecular formula is C77H147NO13. The van der Waals surface area contributed by atoms with Crippen molar-refractivity contribution >= 4 is 5.91 Å². The summed E-state index contributed by atoms with van der Waals surface area (Å²) in [6, 6.07) is -0.913. The summed E-state index contributed by atoms with van der Waals surface area (Å²) >= 11 is 0. The summed E-state index contributed by atoms with van der Waals surface area (Å²) in [4.78, 5) is 13.4. The minimum Gasteiger partial charge on any atom is -0.394 e. The fourth-order valence-corrected chi connectivity index (χ4v) is 13.2. The molecule has 12 unspecified atom stereocenters. The van der Waals surface area contributed by atoms with Gasteiger partial charge in [-0.25, -0.2) is 0 Å². The lowest BCUT2D eigenvalue weighted by Crippen LogP contribution is -2.65. The van der Waals surface area contributed by atoms with E-state index in [1.165, 1.54) is 302 Å². The number of carbonyl (C=O) groups is 1. The van der Waals surface area contributed by atoms with Gasteiger partial charge in [-0.05, 0) is 44.9 Å². The number of ether oxygens (including phenoxy) is 4. The van der Waals surface area contributed by atoms with Crippen LogP contribution in [0.5, 0.6) is 0 Å². The summed E-state index contributed by atoms with van der Waals surface area (Å²) in [7, 11) is 0. The van der Waals surface area contributed by atoms with Crippen LogP contribution < -0.4 is 5.32 Å². The molecule has 2 aliphatic heterocycles. The summed E-state index contributed by atoms with van der Waals surface area (Å²) in [6.07, 6.45) is 62.6. The van der Waals surface area contributed by atoms with Gasteiger partial charge in [-0.1, -0.05) is 340 Å². The smallest absolute Gasteiger partial charge is 0.220 e. The number of aliphatic hydroxyl groups excluding tert-OH is 8. The van der Waals surface area contributed by atoms with E-state index in [0.717, 1.165) is 38.5 Å². The third-order valence-electron chi connectivity index (χ3n) is 19.4. The largest absolute Gasteiger partial charge is 0.394 e. The molecule has 2 fully saturated rings. The van der Waals surface area contributed by atoms with E-state index in [4.69, 9.17) is 18.9 Å². The van der Waals surface area contributed by atoms with E-state index in [1.807, 2.05) is 6.08 Å². The highest BCUT2D eigenvalue weighted by Gasteiger charge is 2.51. The molecule has 538 valence electrons. The van der Waals surface area contributed by atoms with Crippen LogP contribution in [0.15, 0.2) is 24.3 Å². The predicted octanol–water partition coefficient (Wildman–Crippen LogP) is 17.1. The molecule has 12 atom stereocenters. The third-order valence-corrected chi connectivity index (χ3v) is 19.4. The summed E-state index contributed by atoms with van der Waals surface area (Å²) < 4.78 is 22.9. The van der Waals surface area contributed by atoms with Gasteiger partial charge in [0, 0.05) is 6.42 Å². The van der Waals surface area contributed by atoms with Crippen LogP contribution in [-0.4, -0.2) is 140 Å². The molecule has 2 saturated heterocycles. The second-order valence-corrected chi connectivity index (χ2v) is 27.8. The zero-order chi connectivity index (χ0) is 65.9. The number of amides is 1. The molecule has 0 aromatic rings. The van der Waals surface area contributed by atoms with E-state index in [1.54, 1.807) is 6.08 Å². The first-order valence-corrected chi connectivity index (χ1v) is 39.1. The molecule has 14 heteroatoms. The van der Waals surface area contributed by atoms with E-state index < -0.39 is 86.8 Å². The maximum atomic E-state index is 13.4. The normalized spacial score (nSPS) is 22.8. The first kappa shape index (κ1) is 85.6. The minimum atomic E-state index is -1.79. The summed E-state index contributed by atoms with van der Waals surface area (Å²) in [5.74, 6) is -0.230. The highest BCUT2D eigenvalue weighted by molar-refractivity contribution is 5.76. The maximum absolute atomic E-state index is 13.4. The van der Waals surface area contributed by atoms with Gasteiger partial charge >= 0.3 is 0 Å². The van der Waals surface area contributed by atoms with Gasteiger partial charge in [0.2, 0.25) is 5.91 Å². The van der Waals surface area contributed by atoms with Crippen LogP contribution in [0.4, 0.5) is 0 Å². The maximum Gasteiger partial charge on any atom is 0.220 e. The monoisotopic (exact) mass is 1290 g/mol. The van der Waals surface area contributed by atoms with Gasteiger partial charge < -0.3 is 65.1 Å². The number of allylic oxidation sites excluding steroid dienone is 3. The van der Waals surface area contributed by atoms with Crippen molar-refractivity contribution in [2.45, 2.75) is 441 Å². The number of aliphatic hydroxyl groups is 8. The highest BCUT2D eigenvalue weighted by atomic mass is 16.7. The lowest BCUT2D eigenvalue weighted by atomic mass is 9.97. The van der Waals surface area contributed by atoms with Crippen LogP contribution >= 0.6 is 0 Å². The molecule has 0 spiro atoms. The first-order chi connectivity index (χ1) is 44.6. The Morgan fingerprint density at radius 2 is 0.692 bits per heavy atom. The first-order valence-electron chi connectivity index (χ1n) is 39.1. The minimum absolute atomic E-state index is 0.230. The van der Waals surface area contributed by atoms with Crippen LogP contribution in [0.1, 0.15) is 367 Å². The molecule has 0 saturated carbocycles. The second-order valence-electron chi connectivity index (χ2n) is 27.8. The van der Waals surface area contributed by atoms with Crippen molar-refractivity contribution in [3.05, 3.63) is 24.3 Å². The van der Waals surface area contributed by atoms with Gasteiger partial charge in [-0.2, -0.15) is 0 Å². The van der Waals surface area contributed by atoms with E-state index in [2.05, 4.69) is 31.3 Å². The molecule has 0 aromatic heterocycles. The molecule has 91 heavy (non-hydrogen) atoms. The standard InChI is InChI=1S/C77H147NO13/c1-3-5-7-9-11-13-15-17-19-21-23-25-27-28-29-30-31-32-33-34-35-36-37-38-39-41-43-45-47-49-51-53-55-57-59-61-69(82)78-65(64-88-76-74(87)72(85)75(68(63-80)90-76)91-77-73(86)71(84)70(83)67(62-79)89-77)66(81)60-58-56-54-52-50-48-46-44-42-40-26-24-22-20-18-16-14-12-10-8-6-4-2/h21,23,58,60,65-68,70-77,79-81,83-87H,3-20,22,24-57,59,61-64H2,1-2H3,(H,78,82)/b23-21-,60-58+. The Balaban J connectivity index is 1.60. The van der Waals surface area contributed by atoms with Crippen LogP contribution in [0.25, 0.3) is 0 Å². The Labute approximate surface area is 558 Å². The molecule has 1 amide bonds. The van der Waals surface area contributed by atoms with E-state index in [-0.39, 0.29) is 18.9 Å². The lowest BCUT2D eigenvalue weighted by molar-refractivity contribution is -0.359. The van der Waals surface area contributed by atoms with Crippen molar-refractivity contribution in [3.63, 3.8) is 0 Å². The molecule has 2 aliphatic rings. The Kier molecular flexibility index (Phi) is 58.3. The number of nitrogens with one attached hydrogen (secondary N) is 1. The molecule has 2 heterocycles. The van der Waals surface area contributed by atoms with Crippen molar-refractivity contribution in [2.24, 2.45) is 0 Å². The number of carbonyl (C=O) groups excluding carboxylic acids is 1. The molecule has 2 rings (SSSR count). The SMILES string of the molecule is CCCCCCCCCC/C=C\CCCCCCCCCCCCCCCCCCCCCCCCCC(=O)NC(COC1OC(CO)C(OC2OC(CO)C(O)C(O)C2O)C(O)C1O)C(O)/C=C/CCCCCCCCCCCCCCCCCCCCCC. The van der Waals surface area contributed by atoms with Gasteiger partial charge in [-0.15, -0.1) is 0 Å². The Bertz CT molecular complexity index is 1620. The summed E-state index contributed by atoms with van der Waals surface area (Å²) in [5.41, 5.74) is 0. The van der Waals surface area contributed by atoms with Crippen molar-refractivity contribution in [1.29, 1.82) is 0 Å². The molecule has 0 bridgehead atoms. The molecule has 0 aromatic carbocycles. The van der Waals surface area contributed by atoms with Gasteiger partial charge in [0.1, 0.15) is 48.8 Å². The number of rotatable bonds is 66. The Morgan fingerprint density at radius 3 is 1.04 bits per heavy atom. The Morgan fingerprint density at radius 1 is 0.385 bits per heavy atom. The predicted molar refractivity (Wildman–Crippen MR) is 374 cm³/mol. The molecule has 0 radical (unpaired) electrons. The van der Waals surface area contributed by atoms with Crippen LogP contribution in [-0.2, 0) is 23.7 Å². The molecule has 14 nitrogen and oxygen atoms in total. The zero-order valence-electron chi connectivity index (χ0n) is 58.9. The second kappa shape index (κ2) is 62.0.